The minimum Gasteiger partial charge on any atom is -0.380 e. The van der Waals surface area contributed by atoms with E-state index in [1.165, 1.54) is 0 Å². The fourth-order valence-corrected chi connectivity index (χ4v) is 1.80. The maximum atomic E-state index is 12.1. The van der Waals surface area contributed by atoms with Crippen molar-refractivity contribution in [2.45, 2.75) is 20.0 Å². The fourth-order valence-electron chi connectivity index (χ4n) is 1.80. The summed E-state index contributed by atoms with van der Waals surface area (Å²) in [4.78, 5) is 16.4. The first kappa shape index (κ1) is 16.0. The first-order valence-electron chi connectivity index (χ1n) is 7.19. The Morgan fingerprint density at radius 1 is 1.23 bits per heavy atom. The molecular weight excluding hydrogens is 278 g/mol. The Balaban J connectivity index is 1.94. The summed E-state index contributed by atoms with van der Waals surface area (Å²) in [6, 6.07) is 11.2. The molecule has 22 heavy (non-hydrogen) atoms. The van der Waals surface area contributed by atoms with Crippen LogP contribution in [0.2, 0.25) is 0 Å². The first-order chi connectivity index (χ1) is 10.6. The van der Waals surface area contributed by atoms with E-state index in [9.17, 15) is 4.79 Å². The molecule has 0 saturated heterocycles. The highest BCUT2D eigenvalue weighted by Gasteiger charge is 2.07. The van der Waals surface area contributed by atoms with Crippen LogP contribution in [0.5, 0.6) is 0 Å². The summed E-state index contributed by atoms with van der Waals surface area (Å²) in [5.74, 6) is 0.545. The van der Waals surface area contributed by atoms with E-state index in [0.29, 0.717) is 12.1 Å². The molecule has 5 heteroatoms. The molecule has 0 bridgehead atoms. The molecule has 1 atom stereocenters. The van der Waals surface area contributed by atoms with Gasteiger partial charge in [-0.05, 0) is 38.1 Å². The molecule has 2 N–H and O–H groups in total. The number of amides is 1. The quantitative estimate of drug-likeness (QED) is 0.860. The lowest BCUT2D eigenvalue weighted by molar-refractivity contribution is 0.102. The van der Waals surface area contributed by atoms with Crippen LogP contribution < -0.4 is 10.6 Å². The van der Waals surface area contributed by atoms with E-state index in [1.807, 2.05) is 38.1 Å². The SMILES string of the molecule is COC(C)CNc1ccc(C(=O)Nc2ccc(C)cc2)cn1. The number of carbonyl (C=O) groups excluding carboxylic acids is 1. The van der Waals surface area contributed by atoms with Gasteiger partial charge in [0.25, 0.3) is 5.91 Å². The molecule has 1 amide bonds. The molecular formula is C17H21N3O2. The highest BCUT2D eigenvalue weighted by Crippen LogP contribution is 2.11. The Kier molecular flexibility index (Phi) is 5.49. The molecule has 1 heterocycles. The normalized spacial score (nSPS) is 11.8. The van der Waals surface area contributed by atoms with Crippen molar-refractivity contribution in [2.75, 3.05) is 24.3 Å². The molecule has 0 radical (unpaired) electrons. The maximum Gasteiger partial charge on any atom is 0.257 e. The average Bonchev–Trinajstić information content (AvgIpc) is 2.55. The summed E-state index contributed by atoms with van der Waals surface area (Å²) in [7, 11) is 1.66. The molecule has 116 valence electrons. The second-order valence-electron chi connectivity index (χ2n) is 5.18. The van der Waals surface area contributed by atoms with Crippen molar-refractivity contribution < 1.29 is 9.53 Å². The third-order valence-corrected chi connectivity index (χ3v) is 3.31. The summed E-state index contributed by atoms with van der Waals surface area (Å²) in [6.07, 6.45) is 1.66. The van der Waals surface area contributed by atoms with E-state index in [0.717, 1.165) is 17.1 Å². The number of carbonyl (C=O) groups is 1. The van der Waals surface area contributed by atoms with Crippen molar-refractivity contribution in [3.05, 3.63) is 53.7 Å². The second-order valence-corrected chi connectivity index (χ2v) is 5.18. The molecule has 1 aromatic heterocycles. The Morgan fingerprint density at radius 2 is 1.95 bits per heavy atom. The highest BCUT2D eigenvalue weighted by atomic mass is 16.5. The van der Waals surface area contributed by atoms with Crippen LogP contribution in [-0.2, 0) is 4.74 Å². The summed E-state index contributed by atoms with van der Waals surface area (Å²) >= 11 is 0. The summed E-state index contributed by atoms with van der Waals surface area (Å²) in [5, 5.41) is 5.99. The van der Waals surface area contributed by atoms with Crippen LogP contribution in [0.4, 0.5) is 11.5 Å². The van der Waals surface area contributed by atoms with Gasteiger partial charge in [-0.25, -0.2) is 4.98 Å². The van der Waals surface area contributed by atoms with Crippen LogP contribution in [-0.4, -0.2) is 30.6 Å². The van der Waals surface area contributed by atoms with E-state index >= 15 is 0 Å². The number of nitrogens with one attached hydrogen (secondary N) is 2. The molecule has 1 unspecified atom stereocenters. The zero-order valence-corrected chi connectivity index (χ0v) is 13.1. The van der Waals surface area contributed by atoms with Crippen molar-refractivity contribution in [2.24, 2.45) is 0 Å². The van der Waals surface area contributed by atoms with Gasteiger partial charge in [-0.1, -0.05) is 17.7 Å². The van der Waals surface area contributed by atoms with Gasteiger partial charge in [0, 0.05) is 25.5 Å². The number of hydrogen-bond acceptors (Lipinski definition) is 4. The Bertz CT molecular complexity index is 609. The van der Waals surface area contributed by atoms with Gasteiger partial charge in [0.1, 0.15) is 5.82 Å². The van der Waals surface area contributed by atoms with Gasteiger partial charge in [0.05, 0.1) is 11.7 Å². The van der Waals surface area contributed by atoms with E-state index in [4.69, 9.17) is 4.74 Å². The standard InChI is InChI=1S/C17H21N3O2/c1-12-4-7-15(8-5-12)20-17(21)14-6-9-16(19-11-14)18-10-13(2)22-3/h4-9,11,13H,10H2,1-3H3,(H,18,19)(H,20,21). The van der Waals surface area contributed by atoms with Crippen LogP contribution >= 0.6 is 0 Å². The average molecular weight is 299 g/mol. The van der Waals surface area contributed by atoms with Gasteiger partial charge in [-0.15, -0.1) is 0 Å². The minimum atomic E-state index is -0.173. The second kappa shape index (κ2) is 7.56. The third kappa shape index (κ3) is 4.56. The highest BCUT2D eigenvalue weighted by molar-refractivity contribution is 6.04. The van der Waals surface area contributed by atoms with Crippen molar-refractivity contribution in [3.8, 4) is 0 Å². The van der Waals surface area contributed by atoms with Gasteiger partial charge < -0.3 is 15.4 Å². The van der Waals surface area contributed by atoms with E-state index in [2.05, 4.69) is 15.6 Å². The minimum absolute atomic E-state index is 0.103. The lowest BCUT2D eigenvalue weighted by Gasteiger charge is -2.11. The molecule has 0 saturated carbocycles. The van der Waals surface area contributed by atoms with Gasteiger partial charge in [-0.2, -0.15) is 0 Å². The summed E-state index contributed by atoms with van der Waals surface area (Å²) in [6.45, 7) is 4.64. The van der Waals surface area contributed by atoms with Crippen molar-refractivity contribution >= 4 is 17.4 Å². The van der Waals surface area contributed by atoms with Crippen molar-refractivity contribution in [3.63, 3.8) is 0 Å². The lowest BCUT2D eigenvalue weighted by atomic mass is 10.2. The van der Waals surface area contributed by atoms with Crippen molar-refractivity contribution in [1.29, 1.82) is 0 Å². The number of anilines is 2. The molecule has 0 aliphatic carbocycles. The largest absolute Gasteiger partial charge is 0.380 e. The predicted octanol–water partition coefficient (Wildman–Crippen LogP) is 3.09. The Labute approximate surface area is 130 Å². The van der Waals surface area contributed by atoms with Crippen LogP contribution in [0.25, 0.3) is 0 Å². The molecule has 5 nitrogen and oxygen atoms in total. The zero-order chi connectivity index (χ0) is 15.9. The summed E-state index contributed by atoms with van der Waals surface area (Å²) < 4.78 is 5.15. The number of ether oxygens (including phenoxy) is 1. The fraction of sp³-hybridized carbons (Fsp3) is 0.294. The number of nitrogens with zero attached hydrogens (tertiary/aromatic N) is 1. The van der Waals surface area contributed by atoms with Crippen molar-refractivity contribution in [1.82, 2.24) is 4.98 Å². The van der Waals surface area contributed by atoms with Gasteiger partial charge in [0.15, 0.2) is 0 Å². The van der Waals surface area contributed by atoms with Crippen LogP contribution in [0.15, 0.2) is 42.6 Å². The number of aromatic nitrogens is 1. The third-order valence-electron chi connectivity index (χ3n) is 3.31. The maximum absolute atomic E-state index is 12.1. The molecule has 0 aliphatic rings. The molecule has 1 aromatic carbocycles. The lowest BCUT2D eigenvalue weighted by Crippen LogP contribution is -2.19. The van der Waals surface area contributed by atoms with Gasteiger partial charge in [-0.3, -0.25) is 4.79 Å². The Hall–Kier alpha value is -2.40. The first-order valence-corrected chi connectivity index (χ1v) is 7.19. The number of hydrogen-bond donors (Lipinski definition) is 2. The predicted molar refractivity (Wildman–Crippen MR) is 88.3 cm³/mol. The number of aryl methyl sites for hydroxylation is 1. The Morgan fingerprint density at radius 3 is 2.55 bits per heavy atom. The molecule has 0 fully saturated rings. The molecule has 0 aliphatic heterocycles. The number of methoxy groups -OCH3 is 1. The van der Waals surface area contributed by atoms with Gasteiger partial charge in [0.2, 0.25) is 0 Å². The van der Waals surface area contributed by atoms with E-state index in [1.54, 1.807) is 25.4 Å². The van der Waals surface area contributed by atoms with Crippen LogP contribution in [0.3, 0.4) is 0 Å². The molecule has 2 rings (SSSR count). The summed E-state index contributed by atoms with van der Waals surface area (Å²) in [5.41, 5.74) is 2.44. The number of pyridine rings is 1. The number of benzene rings is 1. The van der Waals surface area contributed by atoms with Crippen LogP contribution in [0, 0.1) is 6.92 Å². The number of rotatable bonds is 6. The van der Waals surface area contributed by atoms with E-state index in [-0.39, 0.29) is 12.0 Å². The van der Waals surface area contributed by atoms with Gasteiger partial charge >= 0.3 is 0 Å². The molecule has 0 spiro atoms. The topological polar surface area (TPSA) is 63.2 Å². The monoisotopic (exact) mass is 299 g/mol. The zero-order valence-electron chi connectivity index (χ0n) is 13.1. The smallest absolute Gasteiger partial charge is 0.257 e. The molecule has 2 aromatic rings. The van der Waals surface area contributed by atoms with E-state index < -0.39 is 0 Å². The van der Waals surface area contributed by atoms with Crippen LogP contribution in [0.1, 0.15) is 22.8 Å².